The average Bonchev–Trinajstić information content (AvgIpc) is 2.55. The molecule has 0 bridgehead atoms. The average molecular weight is 363 g/mol. The van der Waals surface area contributed by atoms with E-state index in [-0.39, 0.29) is 16.9 Å². The summed E-state index contributed by atoms with van der Waals surface area (Å²) in [5.41, 5.74) is 1.56. The summed E-state index contributed by atoms with van der Waals surface area (Å²) in [5, 5.41) is 13.9. The Morgan fingerprint density at radius 1 is 1.20 bits per heavy atom. The Bertz CT molecular complexity index is 851. The second-order valence-electron chi connectivity index (χ2n) is 5.35. The lowest BCUT2D eigenvalue weighted by Crippen LogP contribution is -2.21. The lowest BCUT2D eigenvalue weighted by molar-refractivity contribution is -0.384. The lowest BCUT2D eigenvalue weighted by Gasteiger charge is -2.09. The Labute approximate surface area is 148 Å². The van der Waals surface area contributed by atoms with Gasteiger partial charge in [0, 0.05) is 11.1 Å². The summed E-state index contributed by atoms with van der Waals surface area (Å²) in [6.45, 7) is 2.93. The Morgan fingerprint density at radius 2 is 1.88 bits per heavy atom. The molecular formula is C17H15ClN2O5. The summed E-state index contributed by atoms with van der Waals surface area (Å²) >= 11 is 5.78. The third-order valence-electron chi connectivity index (χ3n) is 3.48. The Hall–Kier alpha value is -2.93. The van der Waals surface area contributed by atoms with E-state index in [4.69, 9.17) is 16.3 Å². The first kappa shape index (κ1) is 18.4. The van der Waals surface area contributed by atoms with Crippen LogP contribution in [0.2, 0.25) is 5.02 Å². The summed E-state index contributed by atoms with van der Waals surface area (Å²) in [6.07, 6.45) is 0. The number of benzene rings is 2. The van der Waals surface area contributed by atoms with Gasteiger partial charge in [0.15, 0.2) is 6.61 Å². The fraction of sp³-hybridized carbons (Fsp3) is 0.176. The van der Waals surface area contributed by atoms with Gasteiger partial charge in [0.1, 0.15) is 5.69 Å². The van der Waals surface area contributed by atoms with Crippen LogP contribution < -0.4 is 5.32 Å². The predicted octanol–water partition coefficient (Wildman–Crippen LogP) is 3.66. The van der Waals surface area contributed by atoms with Gasteiger partial charge in [0.2, 0.25) is 0 Å². The van der Waals surface area contributed by atoms with Crippen molar-refractivity contribution in [3.8, 4) is 0 Å². The normalized spacial score (nSPS) is 10.2. The predicted molar refractivity (Wildman–Crippen MR) is 92.9 cm³/mol. The molecular weight excluding hydrogens is 348 g/mol. The van der Waals surface area contributed by atoms with Crippen molar-refractivity contribution in [1.29, 1.82) is 0 Å². The fourth-order valence-electron chi connectivity index (χ4n) is 2.07. The largest absolute Gasteiger partial charge is 0.452 e. The third kappa shape index (κ3) is 4.77. The fourth-order valence-corrected chi connectivity index (χ4v) is 2.26. The van der Waals surface area contributed by atoms with Gasteiger partial charge in [-0.15, -0.1) is 0 Å². The summed E-state index contributed by atoms with van der Waals surface area (Å²) in [7, 11) is 0. The zero-order chi connectivity index (χ0) is 18.6. The molecule has 2 rings (SSSR count). The first-order valence-electron chi connectivity index (χ1n) is 7.26. The van der Waals surface area contributed by atoms with Crippen molar-refractivity contribution in [3.63, 3.8) is 0 Å². The highest BCUT2D eigenvalue weighted by Crippen LogP contribution is 2.27. The van der Waals surface area contributed by atoms with Crippen molar-refractivity contribution in [2.45, 2.75) is 13.8 Å². The van der Waals surface area contributed by atoms with Crippen molar-refractivity contribution in [2.75, 3.05) is 11.9 Å². The minimum Gasteiger partial charge on any atom is -0.452 e. The molecule has 2 aromatic rings. The molecule has 0 saturated carbocycles. The molecule has 0 unspecified atom stereocenters. The van der Waals surface area contributed by atoms with Crippen LogP contribution in [0.1, 0.15) is 21.5 Å². The van der Waals surface area contributed by atoms with Gasteiger partial charge in [-0.2, -0.15) is 0 Å². The number of nitro benzene ring substituents is 1. The maximum absolute atomic E-state index is 11.9. The molecule has 0 radical (unpaired) electrons. The van der Waals surface area contributed by atoms with E-state index in [1.165, 1.54) is 24.3 Å². The van der Waals surface area contributed by atoms with E-state index in [1.807, 2.05) is 0 Å². The molecule has 0 spiro atoms. The quantitative estimate of drug-likeness (QED) is 0.497. The van der Waals surface area contributed by atoms with Gasteiger partial charge in [-0.3, -0.25) is 14.9 Å². The molecule has 0 atom stereocenters. The third-order valence-corrected chi connectivity index (χ3v) is 3.71. The zero-order valence-electron chi connectivity index (χ0n) is 13.5. The minimum absolute atomic E-state index is 0.0527. The molecule has 0 aliphatic heterocycles. The van der Waals surface area contributed by atoms with Gasteiger partial charge in [0.05, 0.1) is 10.5 Å². The number of hydrogen-bond donors (Lipinski definition) is 1. The van der Waals surface area contributed by atoms with E-state index >= 15 is 0 Å². The molecule has 0 aliphatic rings. The van der Waals surface area contributed by atoms with Crippen LogP contribution in [0, 0.1) is 24.0 Å². The van der Waals surface area contributed by atoms with Crippen LogP contribution in [0.5, 0.6) is 0 Å². The number of aryl methyl sites for hydroxylation is 2. The van der Waals surface area contributed by atoms with Crippen LogP contribution in [-0.4, -0.2) is 23.4 Å². The molecule has 0 fully saturated rings. The second kappa shape index (κ2) is 7.76. The molecule has 7 nitrogen and oxygen atoms in total. The van der Waals surface area contributed by atoms with Crippen molar-refractivity contribution < 1.29 is 19.2 Å². The molecule has 0 saturated heterocycles. The van der Waals surface area contributed by atoms with Gasteiger partial charge in [0.25, 0.3) is 11.6 Å². The van der Waals surface area contributed by atoms with Crippen LogP contribution in [0.4, 0.5) is 11.4 Å². The summed E-state index contributed by atoms with van der Waals surface area (Å²) in [5.74, 6) is -1.39. The number of ether oxygens (including phenoxy) is 1. The number of carbonyl (C=O) groups is 2. The number of carbonyl (C=O) groups excluding carboxylic acids is 2. The monoisotopic (exact) mass is 362 g/mol. The first-order valence-corrected chi connectivity index (χ1v) is 7.64. The molecule has 0 aromatic heterocycles. The lowest BCUT2D eigenvalue weighted by atomic mass is 10.1. The number of nitro groups is 1. The molecule has 1 amide bonds. The summed E-state index contributed by atoms with van der Waals surface area (Å²) in [4.78, 5) is 34.3. The van der Waals surface area contributed by atoms with E-state index in [9.17, 15) is 19.7 Å². The van der Waals surface area contributed by atoms with Gasteiger partial charge in [-0.05, 0) is 49.2 Å². The van der Waals surface area contributed by atoms with Gasteiger partial charge >= 0.3 is 5.97 Å². The van der Waals surface area contributed by atoms with Crippen LogP contribution >= 0.6 is 11.6 Å². The Balaban J connectivity index is 2.04. The van der Waals surface area contributed by atoms with E-state index < -0.39 is 23.4 Å². The van der Waals surface area contributed by atoms with E-state index in [0.717, 1.165) is 11.1 Å². The molecule has 2 aromatic carbocycles. The highest BCUT2D eigenvalue weighted by Gasteiger charge is 2.18. The molecule has 1 N–H and O–H groups in total. The maximum Gasteiger partial charge on any atom is 0.338 e. The van der Waals surface area contributed by atoms with Crippen LogP contribution in [0.25, 0.3) is 0 Å². The maximum atomic E-state index is 11.9. The zero-order valence-corrected chi connectivity index (χ0v) is 14.3. The van der Waals surface area contributed by atoms with Crippen molar-refractivity contribution in [2.24, 2.45) is 0 Å². The number of nitrogens with zero attached hydrogens (tertiary/aromatic N) is 1. The van der Waals surface area contributed by atoms with Crippen LogP contribution in [-0.2, 0) is 9.53 Å². The summed E-state index contributed by atoms with van der Waals surface area (Å²) in [6, 6.07) is 8.98. The first-order chi connectivity index (χ1) is 11.8. The van der Waals surface area contributed by atoms with Crippen molar-refractivity contribution in [3.05, 3.63) is 68.2 Å². The van der Waals surface area contributed by atoms with Crippen LogP contribution in [0.15, 0.2) is 36.4 Å². The highest BCUT2D eigenvalue weighted by atomic mass is 35.5. The molecule has 0 aliphatic carbocycles. The standard InChI is InChI=1S/C17H15ClN2O5/c1-10-6-14(15(20(23)24)7-11(10)2)19-16(21)9-25-17(22)12-4-3-5-13(18)8-12/h3-8H,9H2,1-2H3,(H,19,21). The molecule has 130 valence electrons. The number of halogens is 1. The number of amides is 1. The topological polar surface area (TPSA) is 98.5 Å². The SMILES string of the molecule is Cc1cc(NC(=O)COC(=O)c2cccc(Cl)c2)c([N+](=O)[O-])cc1C. The van der Waals surface area contributed by atoms with Crippen LogP contribution in [0.3, 0.4) is 0 Å². The molecule has 0 heterocycles. The molecule has 8 heteroatoms. The smallest absolute Gasteiger partial charge is 0.338 e. The van der Waals surface area contributed by atoms with E-state index in [1.54, 1.807) is 26.0 Å². The summed E-state index contributed by atoms with van der Waals surface area (Å²) < 4.78 is 4.89. The van der Waals surface area contributed by atoms with Crippen molar-refractivity contribution in [1.82, 2.24) is 0 Å². The minimum atomic E-state index is -0.716. The van der Waals surface area contributed by atoms with E-state index in [2.05, 4.69) is 5.32 Å². The van der Waals surface area contributed by atoms with Gasteiger partial charge in [-0.25, -0.2) is 4.79 Å². The van der Waals surface area contributed by atoms with E-state index in [0.29, 0.717) is 5.02 Å². The van der Waals surface area contributed by atoms with Crippen molar-refractivity contribution >= 4 is 34.9 Å². The number of nitrogens with one attached hydrogen (secondary N) is 1. The second-order valence-corrected chi connectivity index (χ2v) is 5.78. The Morgan fingerprint density at radius 3 is 2.52 bits per heavy atom. The molecule has 25 heavy (non-hydrogen) atoms. The number of hydrogen-bond acceptors (Lipinski definition) is 5. The highest BCUT2D eigenvalue weighted by molar-refractivity contribution is 6.30. The number of anilines is 1. The van der Waals surface area contributed by atoms with Gasteiger partial charge in [-0.1, -0.05) is 17.7 Å². The number of esters is 1. The number of rotatable bonds is 5. The van der Waals surface area contributed by atoms with Gasteiger partial charge < -0.3 is 10.1 Å². The Kier molecular flexibility index (Phi) is 5.71.